The Morgan fingerprint density at radius 1 is 0.513 bits per heavy atom. The second kappa shape index (κ2) is 10.3. The van der Waals surface area contributed by atoms with E-state index in [0.29, 0.717) is 18.2 Å². The molecular weight excluding hydrogens is 528 g/mol. The van der Waals surface area contributed by atoms with Crippen molar-refractivity contribution in [1.82, 2.24) is 0 Å². The largest absolute Gasteiger partial charge is 0.504 e. The topological polar surface area (TPSA) is 250 Å². The lowest BCUT2D eigenvalue weighted by Crippen LogP contribution is -2.09. The summed E-state index contributed by atoms with van der Waals surface area (Å²) in [5.74, 6) is -14.5. The maximum absolute atomic E-state index is 12.7. The zero-order chi connectivity index (χ0) is 29.3. The highest BCUT2D eigenvalue weighted by Crippen LogP contribution is 2.54. The number of rotatable bonds is 6. The quantitative estimate of drug-likeness (QED) is 0.125. The van der Waals surface area contributed by atoms with Crippen molar-refractivity contribution in [3.8, 4) is 68.6 Å². The first-order chi connectivity index (χ1) is 18.3. The highest BCUT2D eigenvalue weighted by Gasteiger charge is 2.33. The van der Waals surface area contributed by atoms with Crippen LogP contribution in [-0.2, 0) is 14.2 Å². The summed E-state index contributed by atoms with van der Waals surface area (Å²) in [7, 11) is 2.78. The Morgan fingerprint density at radius 2 is 0.897 bits per heavy atom. The van der Waals surface area contributed by atoms with Crippen molar-refractivity contribution in [3.05, 3.63) is 34.9 Å². The fourth-order valence-corrected chi connectivity index (χ4v) is 3.51. The molecule has 0 aromatic heterocycles. The molecule has 0 radical (unpaired) electrons. The third kappa shape index (κ3) is 4.59. The molecule has 0 aliphatic carbocycles. The molecule has 0 atom stereocenters. The van der Waals surface area contributed by atoms with Gasteiger partial charge in [0, 0.05) is 23.3 Å². The van der Waals surface area contributed by atoms with Gasteiger partial charge in [-0.05, 0) is 6.07 Å². The lowest BCUT2D eigenvalue weighted by atomic mass is 9.92. The van der Waals surface area contributed by atoms with E-state index in [0.717, 1.165) is 21.3 Å². The van der Waals surface area contributed by atoms with Gasteiger partial charge in [-0.25, -0.2) is 14.4 Å². The third-order valence-corrected chi connectivity index (χ3v) is 5.38. The van der Waals surface area contributed by atoms with Crippen molar-refractivity contribution >= 4 is 17.9 Å². The van der Waals surface area contributed by atoms with Crippen molar-refractivity contribution < 1.29 is 74.2 Å². The molecule has 8 N–H and O–H groups in total. The number of phenolic OH excluding ortho intramolecular Hbond substituents is 8. The summed E-state index contributed by atoms with van der Waals surface area (Å²) in [4.78, 5) is 37.2. The van der Waals surface area contributed by atoms with Crippen molar-refractivity contribution in [3.63, 3.8) is 0 Å². The van der Waals surface area contributed by atoms with Gasteiger partial charge >= 0.3 is 17.9 Å². The van der Waals surface area contributed by atoms with E-state index in [-0.39, 0.29) is 0 Å². The Hall–Kier alpha value is -5.73. The maximum atomic E-state index is 12.7. The number of ether oxygens (including phenoxy) is 4. The highest BCUT2D eigenvalue weighted by atomic mass is 16.5. The normalized spacial score (nSPS) is 10.5. The molecule has 39 heavy (non-hydrogen) atoms. The summed E-state index contributed by atoms with van der Waals surface area (Å²) in [5.41, 5.74) is -3.64. The van der Waals surface area contributed by atoms with Gasteiger partial charge in [-0.2, -0.15) is 0 Å². The lowest BCUT2D eigenvalue weighted by Gasteiger charge is -2.20. The van der Waals surface area contributed by atoms with Crippen LogP contribution >= 0.6 is 0 Å². The van der Waals surface area contributed by atoms with Gasteiger partial charge in [0.2, 0.25) is 23.0 Å². The number of hydrogen-bond acceptors (Lipinski definition) is 15. The summed E-state index contributed by atoms with van der Waals surface area (Å²) >= 11 is 0. The van der Waals surface area contributed by atoms with Crippen molar-refractivity contribution in [1.29, 1.82) is 0 Å². The van der Waals surface area contributed by atoms with E-state index in [4.69, 9.17) is 4.74 Å². The number of benzene rings is 3. The second-order valence-corrected chi connectivity index (χ2v) is 7.56. The molecule has 0 heterocycles. The zero-order valence-electron chi connectivity index (χ0n) is 20.2. The van der Waals surface area contributed by atoms with Gasteiger partial charge in [-0.15, -0.1) is 0 Å². The van der Waals surface area contributed by atoms with Gasteiger partial charge in [0.05, 0.1) is 32.5 Å². The van der Waals surface area contributed by atoms with E-state index >= 15 is 0 Å². The first-order valence-electron chi connectivity index (χ1n) is 10.4. The summed E-state index contributed by atoms with van der Waals surface area (Å²) in [6, 6.07) is 1.99. The average molecular weight is 548 g/mol. The van der Waals surface area contributed by atoms with Crippen LogP contribution < -0.4 is 4.74 Å². The van der Waals surface area contributed by atoms with Crippen molar-refractivity contribution in [2.24, 2.45) is 0 Å². The van der Waals surface area contributed by atoms with Gasteiger partial charge in [-0.1, -0.05) is 0 Å². The van der Waals surface area contributed by atoms with Crippen LogP contribution in [0.15, 0.2) is 18.2 Å². The molecule has 0 saturated carbocycles. The fraction of sp³-hybridized carbons (Fsp3) is 0.125. The van der Waals surface area contributed by atoms with Crippen molar-refractivity contribution in [2.45, 2.75) is 0 Å². The highest BCUT2D eigenvalue weighted by molar-refractivity contribution is 6.08. The first kappa shape index (κ1) is 27.9. The number of carbonyl (C=O) groups excluding carboxylic acids is 3. The minimum atomic E-state index is -1.26. The Labute approximate surface area is 217 Å². The van der Waals surface area contributed by atoms with Gasteiger partial charge in [0.1, 0.15) is 5.56 Å². The van der Waals surface area contributed by atoms with Crippen LogP contribution in [0.5, 0.6) is 57.5 Å². The minimum absolute atomic E-state index is 0.651. The second-order valence-electron chi connectivity index (χ2n) is 7.56. The van der Waals surface area contributed by atoms with Crippen molar-refractivity contribution in [2.75, 3.05) is 21.3 Å². The van der Waals surface area contributed by atoms with Gasteiger partial charge in [0.15, 0.2) is 34.5 Å². The summed E-state index contributed by atoms with van der Waals surface area (Å²) in [6.07, 6.45) is 0. The third-order valence-electron chi connectivity index (χ3n) is 5.38. The van der Waals surface area contributed by atoms with E-state index in [9.17, 15) is 55.2 Å². The molecule has 3 aromatic rings. The van der Waals surface area contributed by atoms with Crippen LogP contribution in [0.4, 0.5) is 0 Å². The standard InChI is InChI=1S/C24H20O15/c1-36-22(33)7-4-10(25)15(27)18(30)13(7)14-8(23(34)37-2)6-12(17(29)19(14)31)39-21-9(24(35)38-3)5-11(26)16(28)20(21)32/h4-6,25-32H,1-3H3. The Kier molecular flexibility index (Phi) is 7.38. The molecule has 0 saturated heterocycles. The summed E-state index contributed by atoms with van der Waals surface area (Å²) in [6.45, 7) is 0. The molecule has 15 heteroatoms. The monoisotopic (exact) mass is 548 g/mol. The lowest BCUT2D eigenvalue weighted by molar-refractivity contribution is 0.0588. The smallest absolute Gasteiger partial charge is 0.341 e. The number of esters is 3. The molecule has 3 rings (SSSR count). The maximum Gasteiger partial charge on any atom is 0.341 e. The average Bonchev–Trinajstić information content (AvgIpc) is 2.92. The number of hydrogen-bond donors (Lipinski definition) is 8. The van der Waals surface area contributed by atoms with E-state index in [1.807, 2.05) is 0 Å². The van der Waals surface area contributed by atoms with Crippen LogP contribution in [0.25, 0.3) is 11.1 Å². The van der Waals surface area contributed by atoms with E-state index in [1.165, 1.54) is 0 Å². The molecule has 0 aliphatic rings. The molecule has 0 amide bonds. The zero-order valence-corrected chi connectivity index (χ0v) is 20.2. The Bertz CT molecular complexity index is 1520. The Balaban J connectivity index is 2.41. The molecule has 0 fully saturated rings. The minimum Gasteiger partial charge on any atom is -0.504 e. The predicted octanol–water partition coefficient (Wildman–Crippen LogP) is 2.15. The SMILES string of the molecule is COC(=O)c1cc(O)c(O)c(O)c1Oc1cc(C(=O)OC)c(-c2c(C(=O)OC)cc(O)c(O)c2O)c(O)c1O. The van der Waals surface area contributed by atoms with Crippen LogP contribution in [0.3, 0.4) is 0 Å². The van der Waals surface area contributed by atoms with E-state index < -0.39 is 103 Å². The number of phenols is 8. The van der Waals surface area contributed by atoms with Gasteiger partial charge in [-0.3, -0.25) is 0 Å². The molecule has 0 bridgehead atoms. The van der Waals surface area contributed by atoms with Crippen LogP contribution in [0, 0.1) is 0 Å². The molecule has 3 aromatic carbocycles. The summed E-state index contributed by atoms with van der Waals surface area (Å²) < 4.78 is 19.1. The molecule has 0 aliphatic heterocycles. The van der Waals surface area contributed by atoms with Crippen LogP contribution in [-0.4, -0.2) is 80.1 Å². The first-order valence-corrected chi connectivity index (χ1v) is 10.4. The molecule has 0 unspecified atom stereocenters. The van der Waals surface area contributed by atoms with E-state index in [2.05, 4.69) is 14.2 Å². The van der Waals surface area contributed by atoms with Gasteiger partial charge < -0.3 is 59.8 Å². The molecule has 206 valence electrons. The fourth-order valence-electron chi connectivity index (χ4n) is 3.51. The van der Waals surface area contributed by atoms with Gasteiger partial charge in [0.25, 0.3) is 0 Å². The Morgan fingerprint density at radius 3 is 1.38 bits per heavy atom. The number of aromatic hydroxyl groups is 8. The van der Waals surface area contributed by atoms with Crippen LogP contribution in [0.1, 0.15) is 31.1 Å². The van der Waals surface area contributed by atoms with E-state index in [1.54, 1.807) is 0 Å². The summed E-state index contributed by atoms with van der Waals surface area (Å²) in [5, 5.41) is 82.0. The number of carbonyl (C=O) groups is 3. The predicted molar refractivity (Wildman–Crippen MR) is 126 cm³/mol. The molecule has 0 spiro atoms. The molecular formula is C24H20O15. The number of methoxy groups -OCH3 is 3. The van der Waals surface area contributed by atoms with Crippen LogP contribution in [0.2, 0.25) is 0 Å². The molecule has 15 nitrogen and oxygen atoms in total.